The van der Waals surface area contributed by atoms with E-state index in [1.807, 2.05) is 18.8 Å². The van der Waals surface area contributed by atoms with Gasteiger partial charge in [-0.15, -0.1) is 24.0 Å². The Hall–Kier alpha value is 0.0500. The Kier molecular flexibility index (Phi) is 13.5. The van der Waals surface area contributed by atoms with Crippen molar-refractivity contribution in [3.63, 3.8) is 0 Å². The summed E-state index contributed by atoms with van der Waals surface area (Å²) in [6, 6.07) is 0.545. The fourth-order valence-electron chi connectivity index (χ4n) is 2.58. The molecule has 0 unspecified atom stereocenters. The van der Waals surface area contributed by atoms with E-state index in [0.717, 1.165) is 32.1 Å². The van der Waals surface area contributed by atoms with Crippen LogP contribution in [0.5, 0.6) is 0 Å². The van der Waals surface area contributed by atoms with Gasteiger partial charge in [0.2, 0.25) is 0 Å². The standard InChI is InChI=1S/C16H32N4S.HI/c1-14(2)13-20-10-7-15(8-11-20)19-16(17-3)18-9-5-6-12-21-4;/h15H,1,5-13H2,2-4H3,(H2,17,18,19);1H. The minimum absolute atomic E-state index is 0. The summed E-state index contributed by atoms with van der Waals surface area (Å²) in [5, 5.41) is 6.98. The number of hydrogen-bond acceptors (Lipinski definition) is 3. The number of thioether (sulfide) groups is 1. The van der Waals surface area contributed by atoms with Crippen molar-refractivity contribution < 1.29 is 0 Å². The van der Waals surface area contributed by atoms with Gasteiger partial charge in [0.05, 0.1) is 0 Å². The Morgan fingerprint density at radius 2 is 2.00 bits per heavy atom. The molecule has 0 saturated carbocycles. The fraction of sp³-hybridized carbons (Fsp3) is 0.812. The molecule has 0 atom stereocenters. The molecule has 130 valence electrons. The SMILES string of the molecule is C=C(C)CN1CCC(NC(=NC)NCCCCSC)CC1.I. The molecule has 0 radical (unpaired) electrons. The molecule has 2 N–H and O–H groups in total. The lowest BCUT2D eigenvalue weighted by molar-refractivity contribution is 0.221. The summed E-state index contributed by atoms with van der Waals surface area (Å²) in [5.41, 5.74) is 1.25. The average Bonchev–Trinajstić information content (AvgIpc) is 2.47. The number of hydrogen-bond donors (Lipinski definition) is 2. The molecule has 1 saturated heterocycles. The first kappa shape index (κ1) is 22.1. The Morgan fingerprint density at radius 1 is 1.32 bits per heavy atom. The van der Waals surface area contributed by atoms with Crippen molar-refractivity contribution in [2.45, 2.75) is 38.6 Å². The Bertz CT molecular complexity index is 328. The first-order chi connectivity index (χ1) is 10.2. The average molecular weight is 440 g/mol. The summed E-state index contributed by atoms with van der Waals surface area (Å²) < 4.78 is 0. The Balaban J connectivity index is 0.00000441. The van der Waals surface area contributed by atoms with Gasteiger partial charge in [-0.2, -0.15) is 11.8 Å². The van der Waals surface area contributed by atoms with E-state index in [1.165, 1.54) is 37.0 Å². The van der Waals surface area contributed by atoms with E-state index in [1.54, 1.807) is 0 Å². The molecule has 0 aromatic heterocycles. The molecule has 0 aromatic rings. The fourth-order valence-corrected chi connectivity index (χ4v) is 3.08. The third kappa shape index (κ3) is 9.94. The van der Waals surface area contributed by atoms with Crippen molar-refractivity contribution >= 4 is 41.7 Å². The zero-order valence-corrected chi connectivity index (χ0v) is 17.5. The summed E-state index contributed by atoms with van der Waals surface area (Å²) in [5.74, 6) is 2.20. The molecular weight excluding hydrogens is 407 g/mol. The van der Waals surface area contributed by atoms with Crippen LogP contribution >= 0.6 is 35.7 Å². The number of aliphatic imine (C=N–C) groups is 1. The predicted octanol–water partition coefficient (Wildman–Crippen LogP) is 2.95. The lowest BCUT2D eigenvalue weighted by Gasteiger charge is -2.33. The van der Waals surface area contributed by atoms with E-state index in [2.05, 4.69) is 40.3 Å². The Labute approximate surface area is 158 Å². The van der Waals surface area contributed by atoms with E-state index in [0.29, 0.717) is 6.04 Å². The van der Waals surface area contributed by atoms with Crippen LogP contribution in [0.2, 0.25) is 0 Å². The summed E-state index contributed by atoms with van der Waals surface area (Å²) in [4.78, 5) is 6.81. The maximum Gasteiger partial charge on any atom is 0.191 e. The van der Waals surface area contributed by atoms with Gasteiger partial charge in [0.1, 0.15) is 0 Å². The number of likely N-dealkylation sites (tertiary alicyclic amines) is 1. The van der Waals surface area contributed by atoms with Crippen molar-refractivity contribution in [3.8, 4) is 0 Å². The first-order valence-electron chi connectivity index (χ1n) is 7.98. The van der Waals surface area contributed by atoms with Gasteiger partial charge < -0.3 is 10.6 Å². The summed E-state index contributed by atoms with van der Waals surface area (Å²) in [7, 11) is 1.85. The second kappa shape index (κ2) is 13.5. The molecule has 1 aliphatic heterocycles. The maximum atomic E-state index is 4.33. The molecule has 22 heavy (non-hydrogen) atoms. The highest BCUT2D eigenvalue weighted by atomic mass is 127. The number of nitrogens with one attached hydrogen (secondary N) is 2. The van der Waals surface area contributed by atoms with Crippen molar-refractivity contribution in [2.24, 2.45) is 4.99 Å². The zero-order chi connectivity index (χ0) is 15.5. The molecule has 6 heteroatoms. The van der Waals surface area contributed by atoms with E-state index < -0.39 is 0 Å². The number of unbranched alkanes of at least 4 members (excludes halogenated alkanes) is 1. The lowest BCUT2D eigenvalue weighted by Crippen LogP contribution is -2.49. The van der Waals surface area contributed by atoms with Gasteiger partial charge in [-0.3, -0.25) is 9.89 Å². The third-order valence-electron chi connectivity index (χ3n) is 3.71. The van der Waals surface area contributed by atoms with E-state index in [-0.39, 0.29) is 24.0 Å². The number of rotatable bonds is 8. The molecular formula is C16H33IN4S. The minimum Gasteiger partial charge on any atom is -0.356 e. The van der Waals surface area contributed by atoms with E-state index in [9.17, 15) is 0 Å². The molecule has 1 aliphatic rings. The van der Waals surface area contributed by atoms with Gasteiger partial charge in [0, 0.05) is 39.3 Å². The summed E-state index contributed by atoms with van der Waals surface area (Å²) in [6.45, 7) is 10.4. The Morgan fingerprint density at radius 3 is 2.55 bits per heavy atom. The summed E-state index contributed by atoms with van der Waals surface area (Å²) in [6.07, 6.45) is 7.00. The van der Waals surface area contributed by atoms with E-state index >= 15 is 0 Å². The van der Waals surface area contributed by atoms with Crippen molar-refractivity contribution in [2.75, 3.05) is 45.2 Å². The van der Waals surface area contributed by atoms with Crippen LogP contribution in [0, 0.1) is 0 Å². The molecule has 0 bridgehead atoms. The van der Waals surface area contributed by atoms with Crippen molar-refractivity contribution in [1.29, 1.82) is 0 Å². The number of piperidine rings is 1. The quantitative estimate of drug-likeness (QED) is 0.200. The monoisotopic (exact) mass is 440 g/mol. The first-order valence-corrected chi connectivity index (χ1v) is 9.38. The van der Waals surface area contributed by atoms with Gasteiger partial charge >= 0.3 is 0 Å². The maximum absolute atomic E-state index is 4.33. The molecule has 4 nitrogen and oxygen atoms in total. The van der Waals surface area contributed by atoms with Crippen LogP contribution in [0.4, 0.5) is 0 Å². The number of nitrogens with zero attached hydrogens (tertiary/aromatic N) is 2. The number of halogens is 1. The highest BCUT2D eigenvalue weighted by Crippen LogP contribution is 2.11. The second-order valence-corrected chi connectivity index (χ2v) is 6.84. The summed E-state index contributed by atoms with van der Waals surface area (Å²) >= 11 is 1.91. The molecule has 0 aromatic carbocycles. The van der Waals surface area contributed by atoms with Crippen LogP contribution in [-0.4, -0.2) is 62.1 Å². The molecule has 0 amide bonds. The molecule has 0 spiro atoms. The minimum atomic E-state index is 0. The van der Waals surface area contributed by atoms with Crippen LogP contribution in [0.1, 0.15) is 32.6 Å². The molecule has 1 fully saturated rings. The number of guanidine groups is 1. The molecule has 1 rings (SSSR count). The van der Waals surface area contributed by atoms with Crippen LogP contribution in [0.25, 0.3) is 0 Å². The van der Waals surface area contributed by atoms with Gasteiger partial charge in [0.25, 0.3) is 0 Å². The van der Waals surface area contributed by atoms with Gasteiger partial charge in [-0.1, -0.05) is 12.2 Å². The van der Waals surface area contributed by atoms with Gasteiger partial charge in [-0.25, -0.2) is 0 Å². The van der Waals surface area contributed by atoms with Crippen molar-refractivity contribution in [1.82, 2.24) is 15.5 Å². The zero-order valence-electron chi connectivity index (χ0n) is 14.4. The normalized spacial score (nSPS) is 17.0. The molecule has 1 heterocycles. The van der Waals surface area contributed by atoms with Crippen LogP contribution in [0.3, 0.4) is 0 Å². The van der Waals surface area contributed by atoms with Gasteiger partial charge in [-0.05, 0) is 44.6 Å². The topological polar surface area (TPSA) is 39.7 Å². The highest BCUT2D eigenvalue weighted by molar-refractivity contribution is 14.0. The van der Waals surface area contributed by atoms with Crippen LogP contribution in [0.15, 0.2) is 17.1 Å². The van der Waals surface area contributed by atoms with Gasteiger partial charge in [0.15, 0.2) is 5.96 Å². The van der Waals surface area contributed by atoms with Crippen LogP contribution in [-0.2, 0) is 0 Å². The predicted molar refractivity (Wildman–Crippen MR) is 112 cm³/mol. The van der Waals surface area contributed by atoms with E-state index in [4.69, 9.17) is 0 Å². The van der Waals surface area contributed by atoms with Crippen LogP contribution < -0.4 is 10.6 Å². The largest absolute Gasteiger partial charge is 0.356 e. The molecule has 0 aliphatic carbocycles. The lowest BCUT2D eigenvalue weighted by atomic mass is 10.0. The smallest absolute Gasteiger partial charge is 0.191 e. The van der Waals surface area contributed by atoms with Crippen molar-refractivity contribution in [3.05, 3.63) is 12.2 Å². The highest BCUT2D eigenvalue weighted by Gasteiger charge is 2.19. The second-order valence-electron chi connectivity index (χ2n) is 5.85. The third-order valence-corrected chi connectivity index (χ3v) is 4.41.